The van der Waals surface area contributed by atoms with Gasteiger partial charge in [0.05, 0.1) is 62.0 Å². The first kappa shape index (κ1) is 31.2. The van der Waals surface area contributed by atoms with E-state index in [4.69, 9.17) is 27.3 Å². The molecule has 9 nitrogen and oxygen atoms in total. The van der Waals surface area contributed by atoms with Crippen LogP contribution in [0.25, 0.3) is 28.1 Å². The molecule has 1 aliphatic rings. The summed E-state index contributed by atoms with van der Waals surface area (Å²) in [7, 11) is 12.7. The van der Waals surface area contributed by atoms with E-state index in [0.29, 0.717) is 21.4 Å². The fourth-order valence-corrected chi connectivity index (χ4v) is 5.66. The number of amides is 1. The highest BCUT2D eigenvalue weighted by atomic mass is 35.5. The molecule has 4 radical (unpaired) electrons. The number of phenolic OH excluding ortho intramolecular Hbond substituents is 1. The van der Waals surface area contributed by atoms with Crippen LogP contribution in [0.4, 0.5) is 8.78 Å². The van der Waals surface area contributed by atoms with Crippen molar-refractivity contribution < 1.29 is 18.7 Å². The highest BCUT2D eigenvalue weighted by molar-refractivity contribution is 6.39. The summed E-state index contributed by atoms with van der Waals surface area (Å²) in [6.07, 6.45) is 2.54. The number of pyridine rings is 2. The van der Waals surface area contributed by atoms with E-state index >= 15 is 8.78 Å². The van der Waals surface area contributed by atoms with Gasteiger partial charge in [-0.15, -0.1) is 0 Å². The van der Waals surface area contributed by atoms with Crippen molar-refractivity contribution in [3.63, 3.8) is 0 Å². The first-order valence-corrected chi connectivity index (χ1v) is 13.9. The number of likely N-dealkylation sites (tertiary alicyclic amines) is 1. The Bertz CT molecular complexity index is 2000. The van der Waals surface area contributed by atoms with E-state index in [9.17, 15) is 19.5 Å². The molecule has 3 aromatic heterocycles. The number of aryl methyl sites for hydroxylation is 2. The fraction of sp³-hybridized carbons (Fsp3) is 0.300. The molecule has 0 spiro atoms. The van der Waals surface area contributed by atoms with Gasteiger partial charge < -0.3 is 14.6 Å². The van der Waals surface area contributed by atoms with Gasteiger partial charge in [-0.2, -0.15) is 0 Å². The Kier molecular flexibility index (Phi) is 7.60. The molecule has 44 heavy (non-hydrogen) atoms. The number of halogens is 3. The Morgan fingerprint density at radius 3 is 2.45 bits per heavy atom. The standard InChI is InChI=1S/C30H26B2ClF2N5O4/c1-6-20(41)38-12-29(35,13-38)30(31,32)40-19-11-17(33)23(21-18(34)8-7-16(5)25(21)42)37-26(19)39(27(43)28(40)44)24-15(4)9-10-36-22(24)14(2)3/h6-11,14,42H,1,12-13H2,2-5H3. The topological polar surface area (TPSA) is 110 Å². The monoisotopic (exact) mass is 615 g/mol. The molecule has 1 aromatic carbocycles. The molecule has 4 heterocycles. The predicted octanol–water partition coefficient (Wildman–Crippen LogP) is 3.53. The van der Waals surface area contributed by atoms with Crippen LogP contribution in [0.1, 0.15) is 36.6 Å². The van der Waals surface area contributed by atoms with Gasteiger partial charge in [-0.05, 0) is 55.2 Å². The molecule has 0 unspecified atom stereocenters. The third-order valence-corrected chi connectivity index (χ3v) is 8.21. The number of carbonyl (C=O) groups is 1. The van der Waals surface area contributed by atoms with Gasteiger partial charge in [0.15, 0.2) is 11.3 Å². The van der Waals surface area contributed by atoms with Crippen molar-refractivity contribution in [1.29, 1.82) is 0 Å². The molecule has 1 N–H and O–H groups in total. The van der Waals surface area contributed by atoms with Crippen LogP contribution in [-0.2, 0) is 10.1 Å². The smallest absolute Gasteiger partial charge is 0.322 e. The van der Waals surface area contributed by atoms with Crippen molar-refractivity contribution in [3.8, 4) is 22.7 Å². The van der Waals surface area contributed by atoms with Crippen LogP contribution in [-0.4, -0.2) is 69.5 Å². The van der Waals surface area contributed by atoms with Crippen LogP contribution in [0.15, 0.2) is 52.7 Å². The van der Waals surface area contributed by atoms with Gasteiger partial charge in [0.25, 0.3) is 0 Å². The number of hydrogen-bond donors (Lipinski definition) is 1. The summed E-state index contributed by atoms with van der Waals surface area (Å²) in [4.78, 5) is 50.0. The number of hydrogen-bond acceptors (Lipinski definition) is 6. The van der Waals surface area contributed by atoms with Gasteiger partial charge in [-0.25, -0.2) is 13.8 Å². The third-order valence-electron chi connectivity index (χ3n) is 7.93. The average Bonchev–Trinajstić information content (AvgIpc) is 2.94. The van der Waals surface area contributed by atoms with E-state index in [2.05, 4.69) is 16.5 Å². The number of nitrogens with zero attached hydrogens (tertiary/aromatic N) is 5. The minimum atomic E-state index is -2.69. The SMILES string of the molecule is [B]C([B])(n1c(=O)c(=O)n(-c2c(C)ccnc2C(C)C)c2nc(-c3c(F)ccc(C)c3O)c(Cl)cc21)C1(F)CN(C(=O)C=C)C1. The van der Waals surface area contributed by atoms with Crippen LogP contribution in [0, 0.1) is 19.7 Å². The second kappa shape index (κ2) is 10.7. The number of benzene rings is 1. The third kappa shape index (κ3) is 4.56. The second-order valence-corrected chi connectivity index (χ2v) is 11.6. The van der Waals surface area contributed by atoms with Gasteiger partial charge in [-0.3, -0.25) is 23.9 Å². The van der Waals surface area contributed by atoms with Crippen molar-refractivity contribution in [2.24, 2.45) is 0 Å². The Labute approximate surface area is 258 Å². The van der Waals surface area contributed by atoms with E-state index in [1.807, 2.05) is 13.8 Å². The molecule has 1 saturated heterocycles. The van der Waals surface area contributed by atoms with Gasteiger partial charge in [-0.1, -0.05) is 38.1 Å². The molecule has 222 valence electrons. The van der Waals surface area contributed by atoms with Crippen molar-refractivity contribution in [3.05, 3.63) is 91.5 Å². The van der Waals surface area contributed by atoms with Crippen LogP contribution < -0.4 is 11.1 Å². The lowest BCUT2D eigenvalue weighted by Gasteiger charge is -2.54. The molecule has 4 aromatic rings. The molecular formula is C30H26B2ClF2N5O4. The van der Waals surface area contributed by atoms with E-state index in [0.717, 1.165) is 27.7 Å². The molecule has 5 rings (SSSR count). The zero-order chi connectivity index (χ0) is 32.5. The fourth-order valence-electron chi connectivity index (χ4n) is 5.42. The number of alkyl halides is 1. The molecule has 1 aliphatic heterocycles. The largest absolute Gasteiger partial charge is 0.507 e. The Morgan fingerprint density at radius 1 is 1.18 bits per heavy atom. The molecule has 0 atom stereocenters. The van der Waals surface area contributed by atoms with Crippen molar-refractivity contribution >= 4 is 44.4 Å². The van der Waals surface area contributed by atoms with E-state index in [-0.39, 0.29) is 39.0 Å². The first-order chi connectivity index (χ1) is 20.6. The quantitative estimate of drug-likeness (QED) is 0.202. The van der Waals surface area contributed by atoms with Crippen molar-refractivity contribution in [1.82, 2.24) is 24.0 Å². The van der Waals surface area contributed by atoms with Gasteiger partial charge >= 0.3 is 11.1 Å². The molecular weight excluding hydrogens is 589 g/mol. The Balaban J connectivity index is 1.94. The lowest BCUT2D eigenvalue weighted by molar-refractivity contribution is -0.143. The normalized spacial score (nSPS) is 14.6. The molecule has 0 saturated carbocycles. The second-order valence-electron chi connectivity index (χ2n) is 11.2. The van der Waals surface area contributed by atoms with E-state index < -0.39 is 52.7 Å². The Hall–Kier alpha value is -4.25. The average molecular weight is 616 g/mol. The summed E-state index contributed by atoms with van der Waals surface area (Å²) < 4.78 is 33.1. The van der Waals surface area contributed by atoms with Crippen LogP contribution in [0.2, 0.25) is 5.02 Å². The number of aromatic hydroxyl groups is 1. The van der Waals surface area contributed by atoms with Crippen LogP contribution >= 0.6 is 11.6 Å². The highest BCUT2D eigenvalue weighted by Gasteiger charge is 2.56. The minimum absolute atomic E-state index is 0.220. The first-order valence-electron chi connectivity index (χ1n) is 13.6. The van der Waals surface area contributed by atoms with Gasteiger partial charge in [0, 0.05) is 11.5 Å². The van der Waals surface area contributed by atoms with E-state index in [1.54, 1.807) is 26.1 Å². The maximum atomic E-state index is 16.3. The number of carbonyl (C=O) groups excluding carboxylic acids is 1. The maximum Gasteiger partial charge on any atom is 0.322 e. The van der Waals surface area contributed by atoms with E-state index in [1.165, 1.54) is 6.07 Å². The van der Waals surface area contributed by atoms with Gasteiger partial charge in [0.2, 0.25) is 5.91 Å². The summed E-state index contributed by atoms with van der Waals surface area (Å²) >= 11 is 6.61. The van der Waals surface area contributed by atoms with Crippen molar-refractivity contribution in [2.45, 2.75) is 44.6 Å². The predicted molar refractivity (Wildman–Crippen MR) is 165 cm³/mol. The summed E-state index contributed by atoms with van der Waals surface area (Å²) in [6.45, 7) is 9.10. The zero-order valence-electron chi connectivity index (χ0n) is 24.4. The maximum absolute atomic E-state index is 16.3. The lowest BCUT2D eigenvalue weighted by atomic mass is 9.51. The minimum Gasteiger partial charge on any atom is -0.507 e. The molecule has 0 bridgehead atoms. The summed E-state index contributed by atoms with van der Waals surface area (Å²) in [5, 5.41) is 7.84. The number of rotatable bonds is 6. The highest BCUT2D eigenvalue weighted by Crippen LogP contribution is 2.41. The molecule has 1 fully saturated rings. The molecule has 1 amide bonds. The molecule has 14 heteroatoms. The van der Waals surface area contributed by atoms with Crippen molar-refractivity contribution in [2.75, 3.05) is 13.1 Å². The number of aromatic nitrogens is 4. The van der Waals surface area contributed by atoms with Crippen LogP contribution in [0.3, 0.4) is 0 Å². The number of fused-ring (bicyclic) bond motifs is 1. The van der Waals surface area contributed by atoms with Crippen LogP contribution in [0.5, 0.6) is 5.75 Å². The zero-order valence-corrected chi connectivity index (χ0v) is 25.1. The van der Waals surface area contributed by atoms with Gasteiger partial charge in [0.1, 0.15) is 11.6 Å². The summed E-state index contributed by atoms with van der Waals surface area (Å²) in [5.41, 5.74) is -4.72. The Morgan fingerprint density at radius 2 is 1.84 bits per heavy atom. The summed E-state index contributed by atoms with van der Waals surface area (Å²) in [5.74, 6) is -2.12. The number of phenols is 1. The molecule has 0 aliphatic carbocycles. The lowest BCUT2D eigenvalue weighted by Crippen LogP contribution is -2.74. The summed E-state index contributed by atoms with van der Waals surface area (Å²) in [6, 6.07) is 5.26.